The molecule has 3 heteroatoms. The number of anilines is 1. The normalized spacial score (nSPS) is 38.0. The molecular formula is C17H24N2O. The minimum atomic E-state index is 0.473. The third kappa shape index (κ3) is 2.18. The summed E-state index contributed by atoms with van der Waals surface area (Å²) in [7, 11) is 0. The zero-order valence-electron chi connectivity index (χ0n) is 12.0. The molecular weight excluding hydrogens is 248 g/mol. The van der Waals surface area contributed by atoms with Gasteiger partial charge in [-0.2, -0.15) is 0 Å². The van der Waals surface area contributed by atoms with Crippen LogP contribution in [0.1, 0.15) is 38.5 Å². The standard InChI is InChI=1S/C17H24N2O/c18-19-15-2-1-3-16(7-15)20-11-17-8-12-4-13(9-17)6-14(5-12)10-17/h1-3,7,12-14,19H,4-6,8-11,18H2. The van der Waals surface area contributed by atoms with Gasteiger partial charge in [-0.15, -0.1) is 0 Å². The monoisotopic (exact) mass is 272 g/mol. The number of nitrogens with two attached hydrogens (primary N) is 1. The summed E-state index contributed by atoms with van der Waals surface area (Å²) in [4.78, 5) is 0. The van der Waals surface area contributed by atoms with Gasteiger partial charge in [0.2, 0.25) is 0 Å². The van der Waals surface area contributed by atoms with Crippen LogP contribution in [0.5, 0.6) is 5.75 Å². The molecule has 20 heavy (non-hydrogen) atoms. The SMILES string of the molecule is NNc1cccc(OCC23CC4CC(CC(C4)C2)C3)c1. The first-order valence-corrected chi connectivity index (χ1v) is 7.94. The van der Waals surface area contributed by atoms with Crippen molar-refractivity contribution < 1.29 is 4.74 Å². The molecule has 4 saturated carbocycles. The maximum atomic E-state index is 6.14. The van der Waals surface area contributed by atoms with Gasteiger partial charge in [0.05, 0.1) is 12.3 Å². The number of hydrogen-bond donors (Lipinski definition) is 2. The molecule has 4 bridgehead atoms. The second kappa shape index (κ2) is 4.66. The van der Waals surface area contributed by atoms with Crippen molar-refractivity contribution in [2.24, 2.45) is 29.0 Å². The van der Waals surface area contributed by atoms with Gasteiger partial charge in [-0.1, -0.05) is 6.07 Å². The molecule has 0 atom stereocenters. The highest BCUT2D eigenvalue weighted by atomic mass is 16.5. The lowest BCUT2D eigenvalue weighted by atomic mass is 9.50. The molecule has 0 amide bonds. The van der Waals surface area contributed by atoms with Crippen molar-refractivity contribution in [2.75, 3.05) is 12.0 Å². The fraction of sp³-hybridized carbons (Fsp3) is 0.647. The molecule has 5 rings (SSSR count). The van der Waals surface area contributed by atoms with Crippen LogP contribution in [0.15, 0.2) is 24.3 Å². The largest absolute Gasteiger partial charge is 0.493 e. The first kappa shape index (κ1) is 12.5. The third-order valence-corrected chi connectivity index (χ3v) is 5.71. The van der Waals surface area contributed by atoms with E-state index in [2.05, 4.69) is 5.43 Å². The molecule has 1 aromatic carbocycles. The Kier molecular flexibility index (Phi) is 2.92. The van der Waals surface area contributed by atoms with Gasteiger partial charge >= 0.3 is 0 Å². The van der Waals surface area contributed by atoms with Crippen molar-refractivity contribution >= 4 is 5.69 Å². The summed E-state index contributed by atoms with van der Waals surface area (Å²) in [5, 5.41) is 0. The van der Waals surface area contributed by atoms with Crippen LogP contribution < -0.4 is 16.0 Å². The van der Waals surface area contributed by atoms with Crippen molar-refractivity contribution in [1.29, 1.82) is 0 Å². The average Bonchev–Trinajstić information content (AvgIpc) is 2.44. The summed E-state index contributed by atoms with van der Waals surface area (Å²) < 4.78 is 6.14. The maximum absolute atomic E-state index is 6.14. The Morgan fingerprint density at radius 3 is 2.35 bits per heavy atom. The predicted octanol–water partition coefficient (Wildman–Crippen LogP) is 3.57. The van der Waals surface area contributed by atoms with Gasteiger partial charge < -0.3 is 10.2 Å². The van der Waals surface area contributed by atoms with Crippen LogP contribution >= 0.6 is 0 Å². The van der Waals surface area contributed by atoms with Crippen LogP contribution in [0.3, 0.4) is 0 Å². The van der Waals surface area contributed by atoms with E-state index in [9.17, 15) is 0 Å². The first-order chi connectivity index (χ1) is 9.75. The van der Waals surface area contributed by atoms with Gasteiger partial charge in [0.25, 0.3) is 0 Å². The zero-order valence-corrected chi connectivity index (χ0v) is 12.0. The number of nitrogens with one attached hydrogen (secondary N) is 1. The Balaban J connectivity index is 1.46. The molecule has 0 aliphatic heterocycles. The van der Waals surface area contributed by atoms with E-state index < -0.39 is 0 Å². The Bertz CT molecular complexity index is 464. The van der Waals surface area contributed by atoms with E-state index in [-0.39, 0.29) is 0 Å². The number of hydrogen-bond acceptors (Lipinski definition) is 3. The van der Waals surface area contributed by atoms with Gasteiger partial charge in [-0.25, -0.2) is 0 Å². The van der Waals surface area contributed by atoms with Crippen LogP contribution in [-0.2, 0) is 0 Å². The van der Waals surface area contributed by atoms with Crippen molar-refractivity contribution in [3.05, 3.63) is 24.3 Å². The van der Waals surface area contributed by atoms with E-state index in [1.165, 1.54) is 38.5 Å². The van der Waals surface area contributed by atoms with E-state index >= 15 is 0 Å². The van der Waals surface area contributed by atoms with E-state index in [4.69, 9.17) is 10.6 Å². The Morgan fingerprint density at radius 2 is 1.75 bits per heavy atom. The summed E-state index contributed by atoms with van der Waals surface area (Å²) in [6.07, 6.45) is 8.67. The topological polar surface area (TPSA) is 47.3 Å². The van der Waals surface area contributed by atoms with Gasteiger partial charge in [0, 0.05) is 11.5 Å². The summed E-state index contributed by atoms with van der Waals surface area (Å²) in [6.45, 7) is 0.893. The van der Waals surface area contributed by atoms with Crippen molar-refractivity contribution in [1.82, 2.24) is 0 Å². The lowest BCUT2D eigenvalue weighted by Gasteiger charge is -2.56. The average molecular weight is 272 g/mol. The van der Waals surface area contributed by atoms with Crippen LogP contribution in [-0.4, -0.2) is 6.61 Å². The highest BCUT2D eigenvalue weighted by Crippen LogP contribution is 2.60. The number of hydrazine groups is 1. The van der Waals surface area contributed by atoms with Crippen LogP contribution in [0, 0.1) is 23.2 Å². The van der Waals surface area contributed by atoms with Crippen molar-refractivity contribution in [3.63, 3.8) is 0 Å². The fourth-order valence-corrected chi connectivity index (χ4v) is 5.38. The molecule has 0 radical (unpaired) electrons. The molecule has 3 N–H and O–H groups in total. The molecule has 4 fully saturated rings. The van der Waals surface area contributed by atoms with Gasteiger partial charge in [0.15, 0.2) is 0 Å². The molecule has 0 spiro atoms. The smallest absolute Gasteiger partial charge is 0.121 e. The zero-order chi connectivity index (χ0) is 13.6. The predicted molar refractivity (Wildman–Crippen MR) is 80.4 cm³/mol. The second-order valence-electron chi connectivity index (χ2n) is 7.38. The van der Waals surface area contributed by atoms with E-state index in [0.717, 1.165) is 35.8 Å². The molecule has 0 saturated heterocycles. The number of ether oxygens (including phenoxy) is 1. The number of nitrogen functional groups attached to an aromatic ring is 1. The number of rotatable bonds is 4. The lowest BCUT2D eigenvalue weighted by molar-refractivity contribution is -0.0745. The third-order valence-electron chi connectivity index (χ3n) is 5.71. The van der Waals surface area contributed by atoms with Crippen molar-refractivity contribution in [2.45, 2.75) is 38.5 Å². The minimum absolute atomic E-state index is 0.473. The Labute approximate surface area is 120 Å². The van der Waals surface area contributed by atoms with E-state index in [1.807, 2.05) is 24.3 Å². The Morgan fingerprint density at radius 1 is 1.10 bits per heavy atom. The highest BCUT2D eigenvalue weighted by molar-refractivity contribution is 5.46. The molecule has 108 valence electrons. The Hall–Kier alpha value is -1.22. The molecule has 0 heterocycles. The fourth-order valence-electron chi connectivity index (χ4n) is 5.38. The minimum Gasteiger partial charge on any atom is -0.493 e. The van der Waals surface area contributed by atoms with Crippen molar-refractivity contribution in [3.8, 4) is 5.75 Å². The quantitative estimate of drug-likeness (QED) is 0.650. The molecule has 0 aromatic heterocycles. The first-order valence-electron chi connectivity index (χ1n) is 7.94. The molecule has 3 nitrogen and oxygen atoms in total. The highest BCUT2D eigenvalue weighted by Gasteiger charge is 2.51. The van der Waals surface area contributed by atoms with E-state index in [0.29, 0.717) is 5.41 Å². The molecule has 4 aliphatic rings. The van der Waals surface area contributed by atoms with Crippen LogP contribution in [0.25, 0.3) is 0 Å². The maximum Gasteiger partial charge on any atom is 0.121 e. The molecule has 0 unspecified atom stereocenters. The summed E-state index contributed by atoms with van der Waals surface area (Å²) in [5.41, 5.74) is 4.06. The summed E-state index contributed by atoms with van der Waals surface area (Å²) >= 11 is 0. The van der Waals surface area contributed by atoms with Gasteiger partial charge in [-0.3, -0.25) is 5.84 Å². The van der Waals surface area contributed by atoms with Gasteiger partial charge in [-0.05, 0) is 68.4 Å². The van der Waals surface area contributed by atoms with E-state index in [1.54, 1.807) is 0 Å². The van der Waals surface area contributed by atoms with Crippen LogP contribution in [0.4, 0.5) is 5.69 Å². The molecule has 1 aromatic rings. The summed E-state index contributed by atoms with van der Waals surface area (Å²) in [6, 6.07) is 7.96. The number of benzene rings is 1. The van der Waals surface area contributed by atoms with Gasteiger partial charge in [0.1, 0.15) is 5.75 Å². The molecule has 4 aliphatic carbocycles. The summed E-state index contributed by atoms with van der Waals surface area (Å²) in [5.74, 6) is 9.36. The second-order valence-corrected chi connectivity index (χ2v) is 7.38. The van der Waals surface area contributed by atoms with Crippen LogP contribution in [0.2, 0.25) is 0 Å². The lowest BCUT2D eigenvalue weighted by Crippen LogP contribution is -2.48.